The molecule has 0 unspecified atom stereocenters. The van der Waals surface area contributed by atoms with Gasteiger partial charge in [0.2, 0.25) is 5.91 Å². The van der Waals surface area contributed by atoms with Crippen molar-refractivity contribution in [2.45, 2.75) is 52.7 Å². The van der Waals surface area contributed by atoms with Gasteiger partial charge in [0.15, 0.2) is 18.2 Å². The normalized spacial score (nSPS) is 12.7. The summed E-state index contributed by atoms with van der Waals surface area (Å²) >= 11 is 0. The molecule has 0 bridgehead atoms. The standard InChI is InChI=1S/C23H29FN2O3/c1-5-17(3)25-23(28)18(4)26(14-19-10-8-9-16(2)13-19)22(27)15-29-21-12-7-6-11-20(21)24/h6-13,17-18H,5,14-15H2,1-4H3,(H,25,28)/t17-,18+/m0/s1. The number of hydrogen-bond donors (Lipinski definition) is 1. The van der Waals surface area contributed by atoms with Gasteiger partial charge in [-0.15, -0.1) is 0 Å². The second kappa shape index (κ2) is 10.6. The molecule has 0 aliphatic carbocycles. The number of amides is 2. The van der Waals surface area contributed by atoms with Crippen LogP contribution in [0.3, 0.4) is 0 Å². The number of nitrogens with zero attached hydrogens (tertiary/aromatic N) is 1. The summed E-state index contributed by atoms with van der Waals surface area (Å²) < 4.78 is 19.2. The lowest BCUT2D eigenvalue weighted by Gasteiger charge is -2.29. The Balaban J connectivity index is 2.17. The molecule has 2 amide bonds. The summed E-state index contributed by atoms with van der Waals surface area (Å²) in [5.74, 6) is -1.14. The second-order valence-corrected chi connectivity index (χ2v) is 7.22. The van der Waals surface area contributed by atoms with Crippen molar-refractivity contribution >= 4 is 11.8 Å². The summed E-state index contributed by atoms with van der Waals surface area (Å²) in [7, 11) is 0. The van der Waals surface area contributed by atoms with E-state index in [1.165, 1.54) is 17.0 Å². The van der Waals surface area contributed by atoms with Crippen molar-refractivity contribution in [3.63, 3.8) is 0 Å². The fourth-order valence-electron chi connectivity index (χ4n) is 2.84. The quantitative estimate of drug-likeness (QED) is 0.696. The number of rotatable bonds is 9. The van der Waals surface area contributed by atoms with Crippen LogP contribution in [-0.2, 0) is 16.1 Å². The van der Waals surface area contributed by atoms with E-state index in [4.69, 9.17) is 4.74 Å². The molecule has 29 heavy (non-hydrogen) atoms. The van der Waals surface area contributed by atoms with Gasteiger partial charge in [-0.05, 0) is 44.9 Å². The maximum absolute atomic E-state index is 13.8. The smallest absolute Gasteiger partial charge is 0.261 e. The Hall–Kier alpha value is -2.89. The van der Waals surface area contributed by atoms with Crippen LogP contribution in [0.2, 0.25) is 0 Å². The zero-order chi connectivity index (χ0) is 21.4. The van der Waals surface area contributed by atoms with E-state index in [2.05, 4.69) is 5.32 Å². The number of carbonyl (C=O) groups is 2. The highest BCUT2D eigenvalue weighted by Crippen LogP contribution is 2.17. The first-order valence-corrected chi connectivity index (χ1v) is 9.84. The van der Waals surface area contributed by atoms with Gasteiger partial charge >= 0.3 is 0 Å². The van der Waals surface area contributed by atoms with Crippen LogP contribution in [0.15, 0.2) is 48.5 Å². The third kappa shape index (κ3) is 6.59. The lowest BCUT2D eigenvalue weighted by molar-refractivity contribution is -0.142. The van der Waals surface area contributed by atoms with E-state index in [0.29, 0.717) is 0 Å². The number of benzene rings is 2. The fraction of sp³-hybridized carbons (Fsp3) is 0.391. The Bertz CT molecular complexity index is 840. The van der Waals surface area contributed by atoms with Crippen LogP contribution in [-0.4, -0.2) is 35.4 Å². The fourth-order valence-corrected chi connectivity index (χ4v) is 2.84. The lowest BCUT2D eigenvalue weighted by Crippen LogP contribution is -2.50. The lowest BCUT2D eigenvalue weighted by atomic mass is 10.1. The van der Waals surface area contributed by atoms with Gasteiger partial charge in [-0.3, -0.25) is 9.59 Å². The van der Waals surface area contributed by atoms with E-state index >= 15 is 0 Å². The number of hydrogen-bond acceptors (Lipinski definition) is 3. The molecule has 1 N–H and O–H groups in total. The first-order chi connectivity index (χ1) is 13.8. The minimum absolute atomic E-state index is 0.00747. The predicted octanol–water partition coefficient (Wildman–Crippen LogP) is 3.84. The van der Waals surface area contributed by atoms with E-state index in [0.717, 1.165) is 17.5 Å². The van der Waals surface area contributed by atoms with Crippen molar-refractivity contribution in [2.75, 3.05) is 6.61 Å². The third-order valence-electron chi connectivity index (χ3n) is 4.79. The Labute approximate surface area is 171 Å². The van der Waals surface area contributed by atoms with Gasteiger partial charge in [0, 0.05) is 12.6 Å². The summed E-state index contributed by atoms with van der Waals surface area (Å²) in [4.78, 5) is 27.0. The molecule has 156 valence electrons. The van der Waals surface area contributed by atoms with E-state index in [1.807, 2.05) is 45.0 Å². The number of nitrogens with one attached hydrogen (secondary N) is 1. The average Bonchev–Trinajstić information content (AvgIpc) is 2.70. The minimum atomic E-state index is -0.693. The Morgan fingerprint density at radius 1 is 1.14 bits per heavy atom. The zero-order valence-electron chi connectivity index (χ0n) is 17.4. The molecule has 2 aromatic carbocycles. The second-order valence-electron chi connectivity index (χ2n) is 7.22. The van der Waals surface area contributed by atoms with E-state index in [1.54, 1.807) is 19.1 Å². The van der Waals surface area contributed by atoms with Crippen LogP contribution in [0.1, 0.15) is 38.3 Å². The summed E-state index contributed by atoms with van der Waals surface area (Å²) in [6.07, 6.45) is 0.792. The van der Waals surface area contributed by atoms with Crippen LogP contribution < -0.4 is 10.1 Å². The minimum Gasteiger partial charge on any atom is -0.481 e. The van der Waals surface area contributed by atoms with Gasteiger partial charge in [-0.25, -0.2) is 4.39 Å². The van der Waals surface area contributed by atoms with Gasteiger partial charge in [0.1, 0.15) is 6.04 Å². The Kier molecular flexibility index (Phi) is 8.19. The molecule has 5 nitrogen and oxygen atoms in total. The molecular formula is C23H29FN2O3. The van der Waals surface area contributed by atoms with E-state index < -0.39 is 11.9 Å². The van der Waals surface area contributed by atoms with Crippen LogP contribution >= 0.6 is 0 Å². The summed E-state index contributed by atoms with van der Waals surface area (Å²) in [5, 5.41) is 2.91. The molecule has 0 aliphatic rings. The van der Waals surface area contributed by atoms with E-state index in [9.17, 15) is 14.0 Å². The maximum atomic E-state index is 13.8. The number of ether oxygens (including phenoxy) is 1. The molecule has 0 aromatic heterocycles. The molecule has 0 saturated heterocycles. The van der Waals surface area contributed by atoms with Crippen LogP contribution in [0.4, 0.5) is 4.39 Å². The molecule has 0 spiro atoms. The van der Waals surface area contributed by atoms with Crippen molar-refractivity contribution in [3.05, 3.63) is 65.5 Å². The predicted molar refractivity (Wildman–Crippen MR) is 111 cm³/mol. The van der Waals surface area contributed by atoms with Gasteiger partial charge in [-0.1, -0.05) is 48.9 Å². The van der Waals surface area contributed by atoms with E-state index in [-0.39, 0.29) is 36.8 Å². The summed E-state index contributed by atoms with van der Waals surface area (Å²) in [6, 6.07) is 13.0. The molecule has 6 heteroatoms. The number of para-hydroxylation sites is 1. The van der Waals surface area contributed by atoms with Gasteiger partial charge in [-0.2, -0.15) is 0 Å². The highest BCUT2D eigenvalue weighted by Gasteiger charge is 2.27. The maximum Gasteiger partial charge on any atom is 0.261 e. The Morgan fingerprint density at radius 3 is 2.52 bits per heavy atom. The van der Waals surface area contributed by atoms with Gasteiger partial charge in [0.05, 0.1) is 0 Å². The van der Waals surface area contributed by atoms with Crippen LogP contribution in [0, 0.1) is 12.7 Å². The highest BCUT2D eigenvalue weighted by atomic mass is 19.1. The first kappa shape index (κ1) is 22.4. The van der Waals surface area contributed by atoms with Crippen molar-refractivity contribution in [3.8, 4) is 5.75 Å². The van der Waals surface area contributed by atoms with Crippen molar-refractivity contribution in [1.82, 2.24) is 10.2 Å². The largest absolute Gasteiger partial charge is 0.481 e. The van der Waals surface area contributed by atoms with Crippen LogP contribution in [0.5, 0.6) is 5.75 Å². The number of carbonyl (C=O) groups excluding carboxylic acids is 2. The highest BCUT2D eigenvalue weighted by molar-refractivity contribution is 5.88. The van der Waals surface area contributed by atoms with Gasteiger partial charge < -0.3 is 15.0 Å². The molecule has 2 rings (SSSR count). The summed E-state index contributed by atoms with van der Waals surface area (Å²) in [5.41, 5.74) is 1.97. The molecule has 0 saturated carbocycles. The third-order valence-corrected chi connectivity index (χ3v) is 4.79. The van der Waals surface area contributed by atoms with Gasteiger partial charge in [0.25, 0.3) is 5.91 Å². The molecular weight excluding hydrogens is 371 g/mol. The molecule has 0 radical (unpaired) electrons. The van der Waals surface area contributed by atoms with Crippen molar-refractivity contribution in [2.24, 2.45) is 0 Å². The number of aryl methyl sites for hydroxylation is 1. The molecule has 0 fully saturated rings. The van der Waals surface area contributed by atoms with Crippen LogP contribution in [0.25, 0.3) is 0 Å². The topological polar surface area (TPSA) is 58.6 Å². The first-order valence-electron chi connectivity index (χ1n) is 9.84. The Morgan fingerprint density at radius 2 is 1.86 bits per heavy atom. The zero-order valence-corrected chi connectivity index (χ0v) is 17.4. The molecule has 0 aliphatic heterocycles. The SMILES string of the molecule is CC[C@H](C)NC(=O)[C@@H](C)N(Cc1cccc(C)c1)C(=O)COc1ccccc1F. The average molecular weight is 400 g/mol. The molecule has 0 heterocycles. The van der Waals surface area contributed by atoms with Crippen molar-refractivity contribution in [1.29, 1.82) is 0 Å². The van der Waals surface area contributed by atoms with Crippen molar-refractivity contribution < 1.29 is 18.7 Å². The monoisotopic (exact) mass is 400 g/mol. The molecule has 2 atom stereocenters. The number of halogens is 1. The molecule has 2 aromatic rings. The summed E-state index contributed by atoms with van der Waals surface area (Å²) in [6.45, 7) is 7.46.